The molecule has 4 rings (SSSR count). The Morgan fingerprint density at radius 2 is 1.94 bits per heavy atom. The van der Waals surface area contributed by atoms with Crippen molar-refractivity contribution in [3.05, 3.63) is 64.6 Å². The van der Waals surface area contributed by atoms with Crippen molar-refractivity contribution in [3.8, 4) is 22.8 Å². The first kappa shape index (κ1) is 20.6. The molecule has 160 valence electrons. The predicted octanol–water partition coefficient (Wildman–Crippen LogP) is 3.07. The van der Waals surface area contributed by atoms with Crippen molar-refractivity contribution in [1.29, 1.82) is 0 Å². The zero-order valence-electron chi connectivity index (χ0n) is 18.1. The molecule has 0 aliphatic rings. The molecule has 0 spiro atoms. The number of aromatic amines is 1. The van der Waals surface area contributed by atoms with Crippen LogP contribution in [0.3, 0.4) is 0 Å². The van der Waals surface area contributed by atoms with Gasteiger partial charge in [0.15, 0.2) is 5.52 Å². The fourth-order valence-electron chi connectivity index (χ4n) is 3.47. The van der Waals surface area contributed by atoms with Gasteiger partial charge in [0, 0.05) is 24.8 Å². The van der Waals surface area contributed by atoms with Gasteiger partial charge in [-0.25, -0.2) is 9.67 Å². The van der Waals surface area contributed by atoms with Crippen LogP contribution in [0.2, 0.25) is 0 Å². The predicted molar refractivity (Wildman–Crippen MR) is 123 cm³/mol. The van der Waals surface area contributed by atoms with Gasteiger partial charge < -0.3 is 19.9 Å². The number of ether oxygens (including phenoxy) is 1. The first-order chi connectivity index (χ1) is 15.0. The maximum absolute atomic E-state index is 13.0. The van der Waals surface area contributed by atoms with Crippen molar-refractivity contribution in [1.82, 2.24) is 24.6 Å². The number of hydrogen-bond donors (Lipinski definition) is 2. The van der Waals surface area contributed by atoms with E-state index in [0.717, 1.165) is 24.5 Å². The van der Waals surface area contributed by atoms with E-state index in [1.807, 2.05) is 69.6 Å². The molecule has 0 amide bonds. The number of anilines is 1. The summed E-state index contributed by atoms with van der Waals surface area (Å²) in [6.45, 7) is 3.59. The number of fused-ring (bicyclic) bond motifs is 1. The van der Waals surface area contributed by atoms with Gasteiger partial charge >= 0.3 is 0 Å². The van der Waals surface area contributed by atoms with Crippen LogP contribution in [0.5, 0.6) is 5.75 Å². The maximum atomic E-state index is 13.0. The third kappa shape index (κ3) is 4.15. The van der Waals surface area contributed by atoms with Gasteiger partial charge in [0.1, 0.15) is 17.1 Å². The molecule has 0 saturated heterocycles. The minimum Gasteiger partial charge on any atom is -0.496 e. The van der Waals surface area contributed by atoms with Gasteiger partial charge in [-0.2, -0.15) is 5.10 Å². The largest absolute Gasteiger partial charge is 0.496 e. The van der Waals surface area contributed by atoms with Crippen LogP contribution in [0.4, 0.5) is 5.69 Å². The highest BCUT2D eigenvalue weighted by Crippen LogP contribution is 2.31. The van der Waals surface area contributed by atoms with E-state index in [-0.39, 0.29) is 5.56 Å². The van der Waals surface area contributed by atoms with Gasteiger partial charge in [-0.05, 0) is 45.3 Å². The summed E-state index contributed by atoms with van der Waals surface area (Å²) in [6.07, 6.45) is 0. The lowest BCUT2D eigenvalue weighted by Gasteiger charge is -2.14. The number of aromatic nitrogens is 4. The first-order valence-electron chi connectivity index (χ1n) is 10.1. The molecule has 0 radical (unpaired) electrons. The standard InChI is InChI=1S/C23H26N6O2/c1-15-20-21(29(27-15)17-8-6-5-7-9-17)23(30)26-22(25-20)18-11-10-16(14-19(18)31-4)24-12-13-28(2)3/h5-11,14,24H,12-13H2,1-4H3,(H,25,26,30). The quantitative estimate of drug-likeness (QED) is 0.480. The number of likely N-dealkylation sites (N-methyl/N-ethyl adjacent to an activating group) is 1. The van der Waals surface area contributed by atoms with Crippen molar-refractivity contribution >= 4 is 16.7 Å². The Hall–Kier alpha value is -3.65. The second kappa shape index (κ2) is 8.61. The number of methoxy groups -OCH3 is 1. The fourth-order valence-corrected chi connectivity index (χ4v) is 3.47. The van der Waals surface area contributed by atoms with Crippen molar-refractivity contribution in [3.63, 3.8) is 0 Å². The molecule has 2 aromatic heterocycles. The lowest BCUT2D eigenvalue weighted by Crippen LogP contribution is -2.20. The number of para-hydroxylation sites is 1. The summed E-state index contributed by atoms with van der Waals surface area (Å²) >= 11 is 0. The summed E-state index contributed by atoms with van der Waals surface area (Å²) < 4.78 is 7.23. The zero-order chi connectivity index (χ0) is 22.0. The lowest BCUT2D eigenvalue weighted by atomic mass is 10.1. The summed E-state index contributed by atoms with van der Waals surface area (Å²) in [5, 5.41) is 7.92. The van der Waals surface area contributed by atoms with E-state index < -0.39 is 0 Å². The third-order valence-electron chi connectivity index (χ3n) is 5.04. The summed E-state index contributed by atoms with van der Waals surface area (Å²) in [5.41, 5.74) is 3.90. The highest BCUT2D eigenvalue weighted by atomic mass is 16.5. The van der Waals surface area contributed by atoms with Crippen LogP contribution in [0.15, 0.2) is 53.3 Å². The smallest absolute Gasteiger partial charge is 0.277 e. The van der Waals surface area contributed by atoms with Crippen molar-refractivity contribution < 1.29 is 4.74 Å². The van der Waals surface area contributed by atoms with Gasteiger partial charge in [-0.1, -0.05) is 18.2 Å². The van der Waals surface area contributed by atoms with Crippen LogP contribution in [0, 0.1) is 6.92 Å². The van der Waals surface area contributed by atoms with Gasteiger partial charge in [-0.3, -0.25) is 4.79 Å². The molecular weight excluding hydrogens is 392 g/mol. The molecule has 0 bridgehead atoms. The molecule has 2 heterocycles. The molecule has 8 heteroatoms. The first-order valence-corrected chi connectivity index (χ1v) is 10.1. The zero-order valence-corrected chi connectivity index (χ0v) is 18.1. The maximum Gasteiger partial charge on any atom is 0.277 e. The summed E-state index contributed by atoms with van der Waals surface area (Å²) in [5.74, 6) is 1.08. The van der Waals surface area contributed by atoms with Crippen LogP contribution in [0.25, 0.3) is 28.1 Å². The van der Waals surface area contributed by atoms with Crippen molar-refractivity contribution in [2.24, 2.45) is 0 Å². The molecule has 2 N–H and O–H groups in total. The van der Waals surface area contributed by atoms with E-state index in [4.69, 9.17) is 9.72 Å². The molecule has 31 heavy (non-hydrogen) atoms. The molecular formula is C23H26N6O2. The van der Waals surface area contributed by atoms with Crippen molar-refractivity contribution in [2.75, 3.05) is 39.6 Å². The number of nitrogens with one attached hydrogen (secondary N) is 2. The minimum atomic E-state index is -0.250. The lowest BCUT2D eigenvalue weighted by molar-refractivity contribution is 0.416. The van der Waals surface area contributed by atoms with Gasteiger partial charge in [0.05, 0.1) is 24.1 Å². The second-order valence-electron chi connectivity index (χ2n) is 7.59. The van der Waals surface area contributed by atoms with Gasteiger partial charge in [0.25, 0.3) is 5.56 Å². The van der Waals surface area contributed by atoms with E-state index in [9.17, 15) is 4.79 Å². The van der Waals surface area contributed by atoms with E-state index in [1.54, 1.807) is 11.8 Å². The van der Waals surface area contributed by atoms with Crippen molar-refractivity contribution in [2.45, 2.75) is 6.92 Å². The normalized spacial score (nSPS) is 11.3. The molecule has 0 atom stereocenters. The number of rotatable bonds is 7. The van der Waals surface area contributed by atoms with Crippen LogP contribution in [-0.4, -0.2) is 58.9 Å². The van der Waals surface area contributed by atoms with Crippen LogP contribution >= 0.6 is 0 Å². The van der Waals surface area contributed by atoms with E-state index in [2.05, 4.69) is 20.3 Å². The highest BCUT2D eigenvalue weighted by Gasteiger charge is 2.18. The molecule has 0 fully saturated rings. The Bertz CT molecular complexity index is 1260. The molecule has 8 nitrogen and oxygen atoms in total. The highest BCUT2D eigenvalue weighted by molar-refractivity contribution is 5.81. The Labute approximate surface area is 180 Å². The number of benzene rings is 2. The summed E-state index contributed by atoms with van der Waals surface area (Å²) in [6, 6.07) is 15.3. The van der Waals surface area contributed by atoms with Crippen LogP contribution in [-0.2, 0) is 0 Å². The Morgan fingerprint density at radius 1 is 1.16 bits per heavy atom. The number of hydrogen-bond acceptors (Lipinski definition) is 6. The topological polar surface area (TPSA) is 88.1 Å². The summed E-state index contributed by atoms with van der Waals surface area (Å²) in [7, 11) is 5.68. The van der Waals surface area contributed by atoms with E-state index in [1.165, 1.54) is 0 Å². The average Bonchev–Trinajstić information content (AvgIpc) is 3.11. The number of nitrogens with zero attached hydrogens (tertiary/aromatic N) is 4. The Balaban J connectivity index is 1.75. The average molecular weight is 419 g/mol. The fraction of sp³-hybridized carbons (Fsp3) is 0.261. The summed E-state index contributed by atoms with van der Waals surface area (Å²) in [4.78, 5) is 22.8. The molecule has 0 aliphatic heterocycles. The molecule has 0 aliphatic carbocycles. The van der Waals surface area contributed by atoms with E-state index >= 15 is 0 Å². The van der Waals surface area contributed by atoms with Gasteiger partial charge in [-0.15, -0.1) is 0 Å². The monoisotopic (exact) mass is 418 g/mol. The van der Waals surface area contributed by atoms with Crippen LogP contribution in [0.1, 0.15) is 5.69 Å². The Kier molecular flexibility index (Phi) is 5.73. The van der Waals surface area contributed by atoms with Crippen LogP contribution < -0.4 is 15.6 Å². The van der Waals surface area contributed by atoms with Gasteiger partial charge in [0.2, 0.25) is 0 Å². The molecule has 0 saturated carbocycles. The molecule has 2 aromatic carbocycles. The SMILES string of the molecule is COc1cc(NCCN(C)C)ccc1-c1nc2c(C)nn(-c3ccccc3)c2c(=O)[nH]1. The number of aryl methyl sites for hydroxylation is 1. The van der Waals surface area contributed by atoms with E-state index in [0.29, 0.717) is 33.9 Å². The third-order valence-corrected chi connectivity index (χ3v) is 5.04. The minimum absolute atomic E-state index is 0.250. The second-order valence-corrected chi connectivity index (χ2v) is 7.59. The number of H-pyrrole nitrogens is 1. The molecule has 4 aromatic rings. The molecule has 0 unspecified atom stereocenters. The Morgan fingerprint density at radius 3 is 2.65 bits per heavy atom.